The van der Waals surface area contributed by atoms with Crippen LogP contribution in [0.1, 0.15) is 17.5 Å². The van der Waals surface area contributed by atoms with E-state index in [0.717, 1.165) is 18.5 Å². The third kappa shape index (κ3) is 3.78. The zero-order valence-electron chi connectivity index (χ0n) is 11.3. The quantitative estimate of drug-likeness (QED) is 0.839. The van der Waals surface area contributed by atoms with Gasteiger partial charge >= 0.3 is 0 Å². The van der Waals surface area contributed by atoms with Crippen LogP contribution in [-0.2, 0) is 22.6 Å². The normalized spacial score (nSPS) is 19.2. The zero-order valence-corrected chi connectivity index (χ0v) is 11.3. The molecule has 1 unspecified atom stereocenters. The first-order valence-electron chi connectivity index (χ1n) is 6.68. The molecule has 0 aliphatic carbocycles. The molecule has 1 aliphatic heterocycles. The number of hydrogen-bond donors (Lipinski definition) is 1. The third-order valence-electron chi connectivity index (χ3n) is 3.59. The molecule has 19 heavy (non-hydrogen) atoms. The minimum atomic E-state index is 0.0764. The molecule has 104 valence electrons. The highest BCUT2D eigenvalue weighted by Gasteiger charge is 2.28. The molecule has 0 radical (unpaired) electrons. The molecule has 0 spiro atoms. The molecule has 1 saturated heterocycles. The number of benzene rings is 1. The molecule has 1 aromatic rings. The van der Waals surface area contributed by atoms with E-state index in [2.05, 4.69) is 0 Å². The van der Waals surface area contributed by atoms with E-state index in [9.17, 15) is 4.79 Å². The maximum Gasteiger partial charge on any atom is 0.223 e. The molecule has 2 rings (SSSR count). The molecule has 1 aliphatic rings. The van der Waals surface area contributed by atoms with Crippen LogP contribution in [0.4, 0.5) is 0 Å². The summed E-state index contributed by atoms with van der Waals surface area (Å²) < 4.78 is 5.01. The fourth-order valence-electron chi connectivity index (χ4n) is 2.52. The average Bonchev–Trinajstić information content (AvgIpc) is 2.77. The predicted octanol–water partition coefficient (Wildman–Crippen LogP) is 1.22. The monoisotopic (exact) mass is 263 g/mol. The van der Waals surface area contributed by atoms with E-state index in [4.69, 9.17) is 9.84 Å². The molecular weight excluding hydrogens is 242 g/mol. The van der Waals surface area contributed by atoms with Crippen molar-refractivity contribution in [2.24, 2.45) is 5.92 Å². The minimum Gasteiger partial charge on any atom is -0.392 e. The predicted molar refractivity (Wildman–Crippen MR) is 72.6 cm³/mol. The Bertz CT molecular complexity index is 416. The molecule has 4 heteroatoms. The maximum absolute atomic E-state index is 11.8. The van der Waals surface area contributed by atoms with Crippen molar-refractivity contribution in [3.8, 4) is 0 Å². The van der Waals surface area contributed by atoms with Gasteiger partial charge in [0.25, 0.3) is 0 Å². The smallest absolute Gasteiger partial charge is 0.223 e. The standard InChI is InChI=1S/C15H21NO3/c1-19-7-6-16-10-14(9-15(16)18)8-12-2-4-13(11-17)5-3-12/h2-5,14,17H,6-11H2,1H3. The van der Waals surface area contributed by atoms with Crippen LogP contribution >= 0.6 is 0 Å². The molecule has 0 saturated carbocycles. The Morgan fingerprint density at radius 2 is 2.00 bits per heavy atom. The van der Waals surface area contributed by atoms with Crippen LogP contribution in [0.25, 0.3) is 0 Å². The van der Waals surface area contributed by atoms with E-state index in [1.54, 1.807) is 7.11 Å². The van der Waals surface area contributed by atoms with E-state index < -0.39 is 0 Å². The number of likely N-dealkylation sites (tertiary alicyclic amines) is 1. The van der Waals surface area contributed by atoms with E-state index >= 15 is 0 Å². The van der Waals surface area contributed by atoms with Gasteiger partial charge in [-0.2, -0.15) is 0 Å². The molecule has 1 amide bonds. The van der Waals surface area contributed by atoms with Gasteiger partial charge in [-0.15, -0.1) is 0 Å². The molecule has 1 fully saturated rings. The van der Waals surface area contributed by atoms with Crippen LogP contribution in [0.3, 0.4) is 0 Å². The van der Waals surface area contributed by atoms with E-state index in [0.29, 0.717) is 25.5 Å². The highest BCUT2D eigenvalue weighted by molar-refractivity contribution is 5.78. The first-order valence-corrected chi connectivity index (χ1v) is 6.68. The number of aliphatic hydroxyl groups is 1. The summed E-state index contributed by atoms with van der Waals surface area (Å²) in [5.41, 5.74) is 2.15. The summed E-state index contributed by atoms with van der Waals surface area (Å²) in [7, 11) is 1.65. The molecule has 0 aromatic heterocycles. The van der Waals surface area contributed by atoms with Gasteiger partial charge in [-0.05, 0) is 23.5 Å². The number of carbonyl (C=O) groups is 1. The largest absolute Gasteiger partial charge is 0.392 e. The molecule has 1 aromatic carbocycles. The molecule has 1 atom stereocenters. The summed E-state index contributed by atoms with van der Waals surface area (Å²) in [5.74, 6) is 0.623. The Balaban J connectivity index is 1.88. The molecule has 1 N–H and O–H groups in total. The SMILES string of the molecule is COCCN1CC(Cc2ccc(CO)cc2)CC1=O. The Labute approximate surface area is 114 Å². The van der Waals surface area contributed by atoms with E-state index in [-0.39, 0.29) is 12.5 Å². The van der Waals surface area contributed by atoms with Gasteiger partial charge in [0.15, 0.2) is 0 Å². The lowest BCUT2D eigenvalue weighted by atomic mass is 9.98. The summed E-state index contributed by atoms with van der Waals surface area (Å²) in [6, 6.07) is 7.95. The minimum absolute atomic E-state index is 0.0764. The van der Waals surface area contributed by atoms with Crippen molar-refractivity contribution in [1.29, 1.82) is 0 Å². The van der Waals surface area contributed by atoms with E-state index in [1.165, 1.54) is 5.56 Å². The highest BCUT2D eigenvalue weighted by Crippen LogP contribution is 2.22. The van der Waals surface area contributed by atoms with Gasteiger partial charge in [0.2, 0.25) is 5.91 Å². The Kier molecular flexibility index (Phi) is 4.93. The summed E-state index contributed by atoms with van der Waals surface area (Å²) in [6.07, 6.45) is 1.55. The Hall–Kier alpha value is -1.39. The number of hydrogen-bond acceptors (Lipinski definition) is 3. The van der Waals surface area contributed by atoms with Crippen molar-refractivity contribution in [2.45, 2.75) is 19.4 Å². The number of methoxy groups -OCH3 is 1. The summed E-state index contributed by atoms with van der Waals surface area (Å²) >= 11 is 0. The second-order valence-corrected chi connectivity index (χ2v) is 5.08. The van der Waals surface area contributed by atoms with Crippen molar-refractivity contribution >= 4 is 5.91 Å². The number of ether oxygens (including phenoxy) is 1. The van der Waals surface area contributed by atoms with Crippen molar-refractivity contribution in [1.82, 2.24) is 4.90 Å². The molecule has 1 heterocycles. The molecule has 4 nitrogen and oxygen atoms in total. The lowest BCUT2D eigenvalue weighted by Crippen LogP contribution is -2.28. The van der Waals surface area contributed by atoms with Crippen LogP contribution < -0.4 is 0 Å². The third-order valence-corrected chi connectivity index (χ3v) is 3.59. The fraction of sp³-hybridized carbons (Fsp3) is 0.533. The lowest BCUT2D eigenvalue weighted by Gasteiger charge is -2.16. The van der Waals surface area contributed by atoms with Crippen LogP contribution in [0, 0.1) is 5.92 Å². The topological polar surface area (TPSA) is 49.8 Å². The van der Waals surface area contributed by atoms with Gasteiger partial charge in [-0.25, -0.2) is 0 Å². The molecular formula is C15H21NO3. The van der Waals surface area contributed by atoms with Crippen LogP contribution in [-0.4, -0.2) is 42.7 Å². The number of rotatable bonds is 6. The Morgan fingerprint density at radius 1 is 1.32 bits per heavy atom. The van der Waals surface area contributed by atoms with Gasteiger partial charge in [-0.1, -0.05) is 24.3 Å². The van der Waals surface area contributed by atoms with Gasteiger partial charge in [0.05, 0.1) is 13.2 Å². The number of nitrogens with zero attached hydrogens (tertiary/aromatic N) is 1. The van der Waals surface area contributed by atoms with Gasteiger partial charge in [0.1, 0.15) is 0 Å². The van der Waals surface area contributed by atoms with Gasteiger partial charge < -0.3 is 14.7 Å². The van der Waals surface area contributed by atoms with Crippen LogP contribution in [0.2, 0.25) is 0 Å². The maximum atomic E-state index is 11.8. The average molecular weight is 263 g/mol. The summed E-state index contributed by atoms with van der Waals surface area (Å²) in [4.78, 5) is 13.7. The summed E-state index contributed by atoms with van der Waals surface area (Å²) in [5, 5.41) is 9.00. The Morgan fingerprint density at radius 3 is 2.63 bits per heavy atom. The zero-order chi connectivity index (χ0) is 13.7. The highest BCUT2D eigenvalue weighted by atomic mass is 16.5. The van der Waals surface area contributed by atoms with E-state index in [1.807, 2.05) is 29.2 Å². The molecule has 0 bridgehead atoms. The number of carbonyl (C=O) groups excluding carboxylic acids is 1. The van der Waals surface area contributed by atoms with Crippen molar-refractivity contribution < 1.29 is 14.6 Å². The first-order chi connectivity index (χ1) is 9.22. The van der Waals surface area contributed by atoms with Crippen molar-refractivity contribution in [3.05, 3.63) is 35.4 Å². The van der Waals surface area contributed by atoms with Crippen molar-refractivity contribution in [2.75, 3.05) is 26.8 Å². The van der Waals surface area contributed by atoms with Gasteiger partial charge in [0, 0.05) is 26.6 Å². The number of amides is 1. The fourth-order valence-corrected chi connectivity index (χ4v) is 2.52. The second kappa shape index (κ2) is 6.68. The van der Waals surface area contributed by atoms with Crippen molar-refractivity contribution in [3.63, 3.8) is 0 Å². The van der Waals surface area contributed by atoms with Crippen LogP contribution in [0.5, 0.6) is 0 Å². The first kappa shape index (κ1) is 14.0. The summed E-state index contributed by atoms with van der Waals surface area (Å²) in [6.45, 7) is 2.19. The van der Waals surface area contributed by atoms with Gasteiger partial charge in [-0.3, -0.25) is 4.79 Å². The number of aliphatic hydroxyl groups excluding tert-OH is 1. The second-order valence-electron chi connectivity index (χ2n) is 5.08. The lowest BCUT2D eigenvalue weighted by molar-refractivity contribution is -0.128. The van der Waals surface area contributed by atoms with Crippen LogP contribution in [0.15, 0.2) is 24.3 Å².